The first-order chi connectivity index (χ1) is 11.2. The highest BCUT2D eigenvalue weighted by atomic mass is 16.3. The number of benzene rings is 3. The number of allylic oxidation sites excluding steroid dienone is 1. The third kappa shape index (κ3) is 3.74. The average Bonchev–Trinajstić information content (AvgIpc) is 2.61. The molecule has 0 heterocycles. The maximum atomic E-state index is 12.1. The summed E-state index contributed by atoms with van der Waals surface area (Å²) in [6.45, 7) is 0. The molecule has 23 heavy (non-hydrogen) atoms. The highest BCUT2D eigenvalue weighted by molar-refractivity contribution is 6.07. The van der Waals surface area contributed by atoms with Gasteiger partial charge >= 0.3 is 0 Å². The molecule has 3 aromatic rings. The number of aromatic hydroxyl groups is 1. The van der Waals surface area contributed by atoms with Crippen LogP contribution in [-0.4, -0.2) is 10.9 Å². The van der Waals surface area contributed by atoms with Gasteiger partial charge in [-0.25, -0.2) is 0 Å². The van der Waals surface area contributed by atoms with Crippen LogP contribution in [0.25, 0.3) is 17.2 Å². The Bertz CT molecular complexity index is 831. The fourth-order valence-corrected chi connectivity index (χ4v) is 2.34. The van der Waals surface area contributed by atoms with Gasteiger partial charge in [0.25, 0.3) is 0 Å². The molecule has 0 aliphatic rings. The van der Waals surface area contributed by atoms with Crippen LogP contribution in [0, 0.1) is 0 Å². The minimum absolute atomic E-state index is 0.0939. The highest BCUT2D eigenvalue weighted by Gasteiger charge is 2.02. The molecule has 3 aromatic carbocycles. The molecule has 0 radical (unpaired) electrons. The predicted octanol–water partition coefficient (Wildman–Crippen LogP) is 4.96. The van der Waals surface area contributed by atoms with E-state index in [2.05, 4.69) is 12.1 Å². The van der Waals surface area contributed by atoms with E-state index >= 15 is 0 Å². The first-order valence-electron chi connectivity index (χ1n) is 7.39. The molecule has 0 aliphatic heterocycles. The Hall–Kier alpha value is -3.13. The quantitative estimate of drug-likeness (QED) is 0.546. The Morgan fingerprint density at radius 3 is 2.17 bits per heavy atom. The van der Waals surface area contributed by atoms with E-state index in [1.165, 1.54) is 17.7 Å². The van der Waals surface area contributed by atoms with Crippen molar-refractivity contribution in [1.82, 2.24) is 0 Å². The Labute approximate surface area is 135 Å². The maximum absolute atomic E-state index is 12.1. The van der Waals surface area contributed by atoms with E-state index in [1.54, 1.807) is 24.3 Å². The lowest BCUT2D eigenvalue weighted by molar-refractivity contribution is 0.104. The normalized spacial score (nSPS) is 10.8. The number of ketones is 1. The predicted molar refractivity (Wildman–Crippen MR) is 93.3 cm³/mol. The smallest absolute Gasteiger partial charge is 0.185 e. The zero-order valence-corrected chi connectivity index (χ0v) is 12.5. The van der Waals surface area contributed by atoms with Crippen molar-refractivity contribution in [1.29, 1.82) is 0 Å². The van der Waals surface area contributed by atoms with E-state index in [4.69, 9.17) is 0 Å². The summed E-state index contributed by atoms with van der Waals surface area (Å²) in [5, 5.41) is 9.41. The molecular weight excluding hydrogens is 284 g/mol. The molecule has 1 N–H and O–H groups in total. The molecule has 3 rings (SSSR count). The number of carbonyl (C=O) groups is 1. The summed E-state index contributed by atoms with van der Waals surface area (Å²) in [6.07, 6.45) is 3.30. The summed E-state index contributed by atoms with van der Waals surface area (Å²) in [5.41, 5.74) is 3.74. The Morgan fingerprint density at radius 1 is 0.783 bits per heavy atom. The second kappa shape index (κ2) is 6.75. The zero-order valence-electron chi connectivity index (χ0n) is 12.5. The Morgan fingerprint density at radius 2 is 1.48 bits per heavy atom. The van der Waals surface area contributed by atoms with Gasteiger partial charge < -0.3 is 5.11 Å². The van der Waals surface area contributed by atoms with Crippen molar-refractivity contribution < 1.29 is 9.90 Å². The van der Waals surface area contributed by atoms with E-state index in [-0.39, 0.29) is 11.5 Å². The number of phenols is 1. The van der Waals surface area contributed by atoms with Crippen molar-refractivity contribution in [3.63, 3.8) is 0 Å². The van der Waals surface area contributed by atoms with E-state index in [1.807, 2.05) is 42.5 Å². The lowest BCUT2D eigenvalue weighted by atomic mass is 10.0. The molecule has 0 aromatic heterocycles. The van der Waals surface area contributed by atoms with E-state index in [0.717, 1.165) is 11.1 Å². The maximum Gasteiger partial charge on any atom is 0.185 e. The second-order valence-electron chi connectivity index (χ2n) is 5.24. The molecule has 0 saturated carbocycles. The van der Waals surface area contributed by atoms with Gasteiger partial charge in [0, 0.05) is 5.56 Å². The number of hydrogen-bond acceptors (Lipinski definition) is 2. The molecule has 0 atom stereocenters. The summed E-state index contributed by atoms with van der Waals surface area (Å²) >= 11 is 0. The van der Waals surface area contributed by atoms with Crippen molar-refractivity contribution in [3.8, 4) is 16.9 Å². The van der Waals surface area contributed by atoms with Crippen LogP contribution in [0.2, 0.25) is 0 Å². The summed E-state index contributed by atoms with van der Waals surface area (Å²) in [5.74, 6) is -0.0375. The van der Waals surface area contributed by atoms with Gasteiger partial charge in [0.05, 0.1) is 0 Å². The van der Waals surface area contributed by atoms with Gasteiger partial charge in [-0.1, -0.05) is 72.8 Å². The first kappa shape index (κ1) is 14.8. The standard InChI is InChI=1S/C21H16O2/c22-20-8-4-7-19(15-20)21(23)14-11-16-9-12-18(13-10-16)17-5-2-1-3-6-17/h1-15,22H/b14-11+. The minimum atomic E-state index is -0.131. The molecule has 0 aliphatic carbocycles. The van der Waals surface area contributed by atoms with Crippen molar-refractivity contribution in [2.24, 2.45) is 0 Å². The van der Waals surface area contributed by atoms with Crippen molar-refractivity contribution in [2.45, 2.75) is 0 Å². The van der Waals surface area contributed by atoms with Crippen LogP contribution in [0.3, 0.4) is 0 Å². The molecular formula is C21H16O2. The van der Waals surface area contributed by atoms with Gasteiger partial charge in [-0.2, -0.15) is 0 Å². The van der Waals surface area contributed by atoms with Gasteiger partial charge in [0.15, 0.2) is 5.78 Å². The van der Waals surface area contributed by atoms with E-state index in [0.29, 0.717) is 5.56 Å². The van der Waals surface area contributed by atoms with Crippen molar-refractivity contribution in [2.75, 3.05) is 0 Å². The van der Waals surface area contributed by atoms with Crippen molar-refractivity contribution >= 4 is 11.9 Å². The molecule has 0 saturated heterocycles. The molecule has 0 spiro atoms. The van der Waals surface area contributed by atoms with Crippen molar-refractivity contribution in [3.05, 3.63) is 96.1 Å². The molecule has 112 valence electrons. The number of phenolic OH excluding ortho intramolecular Hbond substituents is 1. The summed E-state index contributed by atoms with van der Waals surface area (Å²) in [4.78, 5) is 12.1. The summed E-state index contributed by atoms with van der Waals surface area (Å²) < 4.78 is 0. The third-order valence-corrected chi connectivity index (χ3v) is 3.58. The van der Waals surface area contributed by atoms with Crippen LogP contribution >= 0.6 is 0 Å². The average molecular weight is 300 g/mol. The van der Waals surface area contributed by atoms with Crippen LogP contribution < -0.4 is 0 Å². The number of carbonyl (C=O) groups excluding carboxylic acids is 1. The van der Waals surface area contributed by atoms with Crippen LogP contribution in [0.15, 0.2) is 84.9 Å². The lowest BCUT2D eigenvalue weighted by Gasteiger charge is -2.02. The van der Waals surface area contributed by atoms with Crippen LogP contribution in [-0.2, 0) is 0 Å². The topological polar surface area (TPSA) is 37.3 Å². The largest absolute Gasteiger partial charge is 0.508 e. The zero-order chi connectivity index (χ0) is 16.1. The van der Waals surface area contributed by atoms with Crippen LogP contribution in [0.4, 0.5) is 0 Å². The van der Waals surface area contributed by atoms with Gasteiger partial charge in [0.1, 0.15) is 5.75 Å². The molecule has 0 amide bonds. The first-order valence-corrected chi connectivity index (χ1v) is 7.39. The Balaban J connectivity index is 1.74. The van der Waals surface area contributed by atoms with Gasteiger partial charge in [-0.05, 0) is 34.9 Å². The molecule has 2 heteroatoms. The van der Waals surface area contributed by atoms with Crippen LogP contribution in [0.1, 0.15) is 15.9 Å². The SMILES string of the molecule is O=C(/C=C/c1ccc(-c2ccccc2)cc1)c1cccc(O)c1. The highest BCUT2D eigenvalue weighted by Crippen LogP contribution is 2.20. The minimum Gasteiger partial charge on any atom is -0.508 e. The van der Waals surface area contributed by atoms with Gasteiger partial charge in [-0.3, -0.25) is 4.79 Å². The van der Waals surface area contributed by atoms with Crippen LogP contribution in [0.5, 0.6) is 5.75 Å². The fraction of sp³-hybridized carbons (Fsp3) is 0. The van der Waals surface area contributed by atoms with E-state index in [9.17, 15) is 9.90 Å². The molecule has 0 bridgehead atoms. The van der Waals surface area contributed by atoms with Gasteiger partial charge in [-0.15, -0.1) is 0 Å². The second-order valence-corrected chi connectivity index (χ2v) is 5.24. The monoisotopic (exact) mass is 300 g/mol. The summed E-state index contributed by atoms with van der Waals surface area (Å²) in [6, 6.07) is 24.5. The van der Waals surface area contributed by atoms with Gasteiger partial charge in [0.2, 0.25) is 0 Å². The molecule has 0 unspecified atom stereocenters. The molecule has 0 fully saturated rings. The summed E-state index contributed by atoms with van der Waals surface area (Å²) in [7, 11) is 0. The third-order valence-electron chi connectivity index (χ3n) is 3.58. The molecule has 2 nitrogen and oxygen atoms in total. The van der Waals surface area contributed by atoms with E-state index < -0.39 is 0 Å². The lowest BCUT2D eigenvalue weighted by Crippen LogP contribution is -1.93. The fourth-order valence-electron chi connectivity index (χ4n) is 2.34. The number of hydrogen-bond donors (Lipinski definition) is 1. The number of rotatable bonds is 4. The Kier molecular flexibility index (Phi) is 4.34.